The SMILES string of the molecule is COc1ccc(NC(=O)c2cccc3c2OCCN3)cc1. The van der Waals surface area contributed by atoms with Crippen molar-refractivity contribution in [1.82, 2.24) is 0 Å². The highest BCUT2D eigenvalue weighted by Crippen LogP contribution is 2.31. The van der Waals surface area contributed by atoms with Gasteiger partial charge in [0.25, 0.3) is 5.91 Å². The van der Waals surface area contributed by atoms with Gasteiger partial charge < -0.3 is 20.1 Å². The van der Waals surface area contributed by atoms with Crippen LogP contribution >= 0.6 is 0 Å². The molecule has 0 fully saturated rings. The minimum atomic E-state index is -0.194. The summed E-state index contributed by atoms with van der Waals surface area (Å²) in [4.78, 5) is 12.4. The molecule has 1 amide bonds. The first-order chi connectivity index (χ1) is 10.3. The van der Waals surface area contributed by atoms with E-state index >= 15 is 0 Å². The summed E-state index contributed by atoms with van der Waals surface area (Å²) in [7, 11) is 1.61. The van der Waals surface area contributed by atoms with Gasteiger partial charge in [-0.05, 0) is 36.4 Å². The van der Waals surface area contributed by atoms with E-state index in [2.05, 4.69) is 10.6 Å². The molecule has 0 aliphatic carbocycles. The Morgan fingerprint density at radius 3 is 2.81 bits per heavy atom. The molecule has 0 saturated heterocycles. The summed E-state index contributed by atoms with van der Waals surface area (Å²) in [5, 5.41) is 6.07. The van der Waals surface area contributed by atoms with Gasteiger partial charge in [0.15, 0.2) is 5.75 Å². The molecule has 0 saturated carbocycles. The summed E-state index contributed by atoms with van der Waals surface area (Å²) >= 11 is 0. The fourth-order valence-electron chi connectivity index (χ4n) is 2.22. The van der Waals surface area contributed by atoms with E-state index in [0.29, 0.717) is 23.6 Å². The molecule has 3 rings (SSSR count). The van der Waals surface area contributed by atoms with Crippen LogP contribution in [0.15, 0.2) is 42.5 Å². The Bertz CT molecular complexity index is 653. The molecule has 1 aliphatic rings. The highest BCUT2D eigenvalue weighted by atomic mass is 16.5. The van der Waals surface area contributed by atoms with Crippen molar-refractivity contribution in [2.24, 2.45) is 0 Å². The summed E-state index contributed by atoms with van der Waals surface area (Å²) in [6.07, 6.45) is 0. The number of amides is 1. The lowest BCUT2D eigenvalue weighted by Crippen LogP contribution is -2.21. The van der Waals surface area contributed by atoms with Crippen molar-refractivity contribution in [3.05, 3.63) is 48.0 Å². The van der Waals surface area contributed by atoms with Crippen molar-refractivity contribution >= 4 is 17.3 Å². The molecule has 0 radical (unpaired) electrons. The number of nitrogens with one attached hydrogen (secondary N) is 2. The van der Waals surface area contributed by atoms with Crippen LogP contribution in [-0.2, 0) is 0 Å². The lowest BCUT2D eigenvalue weighted by atomic mass is 10.1. The average Bonchev–Trinajstić information content (AvgIpc) is 2.55. The van der Waals surface area contributed by atoms with Crippen LogP contribution in [0.4, 0.5) is 11.4 Å². The molecule has 2 N–H and O–H groups in total. The van der Waals surface area contributed by atoms with Crippen molar-refractivity contribution < 1.29 is 14.3 Å². The lowest BCUT2D eigenvalue weighted by molar-refractivity contribution is 0.102. The maximum absolute atomic E-state index is 12.4. The minimum Gasteiger partial charge on any atom is -0.497 e. The van der Waals surface area contributed by atoms with Crippen molar-refractivity contribution in [1.29, 1.82) is 0 Å². The fourth-order valence-corrected chi connectivity index (χ4v) is 2.22. The Morgan fingerprint density at radius 2 is 2.05 bits per heavy atom. The second-order valence-corrected chi connectivity index (χ2v) is 4.64. The molecule has 1 heterocycles. The smallest absolute Gasteiger partial charge is 0.259 e. The molecule has 0 unspecified atom stereocenters. The highest BCUT2D eigenvalue weighted by Gasteiger charge is 2.18. The maximum atomic E-state index is 12.4. The van der Waals surface area contributed by atoms with E-state index < -0.39 is 0 Å². The number of rotatable bonds is 3. The van der Waals surface area contributed by atoms with Crippen LogP contribution in [0.2, 0.25) is 0 Å². The first-order valence-electron chi connectivity index (χ1n) is 6.73. The van der Waals surface area contributed by atoms with Crippen LogP contribution in [0.3, 0.4) is 0 Å². The van der Waals surface area contributed by atoms with Crippen molar-refractivity contribution in [3.63, 3.8) is 0 Å². The zero-order valence-electron chi connectivity index (χ0n) is 11.7. The van der Waals surface area contributed by atoms with Gasteiger partial charge >= 0.3 is 0 Å². The maximum Gasteiger partial charge on any atom is 0.259 e. The fraction of sp³-hybridized carbons (Fsp3) is 0.188. The van der Waals surface area contributed by atoms with Gasteiger partial charge in [0.05, 0.1) is 18.4 Å². The lowest BCUT2D eigenvalue weighted by Gasteiger charge is -2.21. The molecule has 21 heavy (non-hydrogen) atoms. The molecular formula is C16H16N2O3. The van der Waals surface area contributed by atoms with Crippen LogP contribution in [0, 0.1) is 0 Å². The van der Waals surface area contributed by atoms with Gasteiger partial charge in [0.2, 0.25) is 0 Å². The highest BCUT2D eigenvalue weighted by molar-refractivity contribution is 6.07. The topological polar surface area (TPSA) is 59.6 Å². The van der Waals surface area contributed by atoms with E-state index in [4.69, 9.17) is 9.47 Å². The van der Waals surface area contributed by atoms with Gasteiger partial charge in [-0.3, -0.25) is 4.79 Å². The van der Waals surface area contributed by atoms with Gasteiger partial charge in [-0.15, -0.1) is 0 Å². The van der Waals surface area contributed by atoms with Crippen LogP contribution in [0.5, 0.6) is 11.5 Å². The minimum absolute atomic E-state index is 0.194. The third kappa shape index (κ3) is 2.76. The number of carbonyl (C=O) groups is 1. The number of hydrogen-bond donors (Lipinski definition) is 2. The number of carbonyl (C=O) groups excluding carboxylic acids is 1. The molecule has 0 bridgehead atoms. The van der Waals surface area contributed by atoms with Gasteiger partial charge in [0, 0.05) is 12.2 Å². The van der Waals surface area contributed by atoms with E-state index in [1.165, 1.54) is 0 Å². The van der Waals surface area contributed by atoms with E-state index in [1.54, 1.807) is 37.4 Å². The van der Waals surface area contributed by atoms with Crippen LogP contribution in [0.25, 0.3) is 0 Å². The van der Waals surface area contributed by atoms with Crippen molar-refractivity contribution in [2.75, 3.05) is 30.9 Å². The average molecular weight is 284 g/mol. The zero-order chi connectivity index (χ0) is 14.7. The second kappa shape index (κ2) is 5.75. The molecule has 0 aromatic heterocycles. The van der Waals surface area contributed by atoms with Gasteiger partial charge in [-0.2, -0.15) is 0 Å². The molecule has 0 spiro atoms. The number of hydrogen-bond acceptors (Lipinski definition) is 4. The number of para-hydroxylation sites is 1. The summed E-state index contributed by atoms with van der Waals surface area (Å²) in [6.45, 7) is 1.30. The monoisotopic (exact) mass is 284 g/mol. The summed E-state index contributed by atoms with van der Waals surface area (Å²) in [6, 6.07) is 12.7. The standard InChI is InChI=1S/C16H16N2O3/c1-20-12-7-5-11(6-8-12)18-16(19)13-3-2-4-14-15(13)21-10-9-17-14/h2-8,17H,9-10H2,1H3,(H,18,19). The third-order valence-electron chi connectivity index (χ3n) is 3.27. The zero-order valence-corrected chi connectivity index (χ0v) is 11.7. The normalized spacial score (nSPS) is 12.6. The molecule has 5 nitrogen and oxygen atoms in total. The van der Waals surface area contributed by atoms with Gasteiger partial charge in [0.1, 0.15) is 12.4 Å². The molecule has 108 valence electrons. The Balaban J connectivity index is 1.82. The Kier molecular flexibility index (Phi) is 3.64. The number of fused-ring (bicyclic) bond motifs is 1. The van der Waals surface area contributed by atoms with Crippen molar-refractivity contribution in [3.8, 4) is 11.5 Å². The summed E-state index contributed by atoms with van der Waals surface area (Å²) < 4.78 is 10.7. The summed E-state index contributed by atoms with van der Waals surface area (Å²) in [5.41, 5.74) is 2.08. The predicted molar refractivity (Wildman–Crippen MR) is 81.4 cm³/mol. The molecule has 2 aromatic rings. The van der Waals surface area contributed by atoms with Crippen molar-refractivity contribution in [2.45, 2.75) is 0 Å². The molecule has 5 heteroatoms. The molecule has 2 aromatic carbocycles. The van der Waals surface area contributed by atoms with E-state index in [0.717, 1.165) is 18.0 Å². The Hall–Kier alpha value is -2.69. The first kappa shape index (κ1) is 13.3. The van der Waals surface area contributed by atoms with Crippen LogP contribution in [0.1, 0.15) is 10.4 Å². The van der Waals surface area contributed by atoms with Gasteiger partial charge in [-0.25, -0.2) is 0 Å². The first-order valence-corrected chi connectivity index (χ1v) is 6.73. The van der Waals surface area contributed by atoms with Crippen LogP contribution in [-0.4, -0.2) is 26.2 Å². The number of ether oxygens (including phenoxy) is 2. The van der Waals surface area contributed by atoms with E-state index in [9.17, 15) is 4.79 Å². The van der Waals surface area contributed by atoms with E-state index in [1.807, 2.05) is 12.1 Å². The molecule has 1 aliphatic heterocycles. The number of methoxy groups -OCH3 is 1. The second-order valence-electron chi connectivity index (χ2n) is 4.64. The predicted octanol–water partition coefficient (Wildman–Crippen LogP) is 2.75. The van der Waals surface area contributed by atoms with Gasteiger partial charge in [-0.1, -0.05) is 6.07 Å². The Morgan fingerprint density at radius 1 is 1.24 bits per heavy atom. The summed E-state index contributed by atoms with van der Waals surface area (Å²) in [5.74, 6) is 1.16. The number of benzene rings is 2. The molecule has 0 atom stereocenters. The Labute approximate surface area is 122 Å². The van der Waals surface area contributed by atoms with Crippen LogP contribution < -0.4 is 20.1 Å². The van der Waals surface area contributed by atoms with E-state index in [-0.39, 0.29) is 5.91 Å². The largest absolute Gasteiger partial charge is 0.497 e. The third-order valence-corrected chi connectivity index (χ3v) is 3.27. The molecular weight excluding hydrogens is 268 g/mol. The quantitative estimate of drug-likeness (QED) is 0.910. The number of anilines is 2.